The highest BCUT2D eigenvalue weighted by Gasteiger charge is 2.12. The Hall–Kier alpha value is -0.880. The molecule has 1 rings (SSSR count). The maximum Gasteiger partial charge on any atom is 0.225 e. The zero-order valence-corrected chi connectivity index (χ0v) is 14.2. The first kappa shape index (κ1) is 17.2. The second-order valence-corrected chi connectivity index (χ2v) is 5.33. The van der Waals surface area contributed by atoms with E-state index in [9.17, 15) is 0 Å². The minimum absolute atomic E-state index is 0.726. The third kappa shape index (κ3) is 4.59. The van der Waals surface area contributed by atoms with E-state index in [4.69, 9.17) is 12.2 Å². The van der Waals surface area contributed by atoms with Gasteiger partial charge in [-0.1, -0.05) is 20.8 Å². The summed E-state index contributed by atoms with van der Waals surface area (Å²) in [5.41, 5.74) is 0. The van der Waals surface area contributed by atoms with Gasteiger partial charge in [0.05, 0.1) is 0 Å². The minimum Gasteiger partial charge on any atom is -0.341 e. The van der Waals surface area contributed by atoms with Crippen LogP contribution in [0.5, 0.6) is 0 Å². The maximum absolute atomic E-state index is 5.31. The first-order valence-corrected chi connectivity index (χ1v) is 8.21. The highest BCUT2D eigenvalue weighted by Crippen LogP contribution is 2.12. The van der Waals surface area contributed by atoms with Crippen LogP contribution in [0, 0.1) is 4.77 Å². The van der Waals surface area contributed by atoms with Gasteiger partial charge in [-0.2, -0.15) is 0 Å². The Kier molecular flexibility index (Phi) is 7.84. The maximum atomic E-state index is 5.31. The van der Waals surface area contributed by atoms with E-state index >= 15 is 0 Å². The van der Waals surface area contributed by atoms with E-state index in [-0.39, 0.29) is 0 Å². The van der Waals surface area contributed by atoms with Gasteiger partial charge in [-0.15, -0.1) is 5.10 Å². The zero-order chi connectivity index (χ0) is 15.0. The first-order valence-electron chi connectivity index (χ1n) is 7.80. The van der Waals surface area contributed by atoms with Gasteiger partial charge in [-0.3, -0.25) is 4.57 Å². The molecule has 0 amide bonds. The molecule has 1 aromatic heterocycles. The fourth-order valence-electron chi connectivity index (χ4n) is 2.40. The Morgan fingerprint density at radius 1 is 1.10 bits per heavy atom. The molecule has 0 saturated carbocycles. The van der Waals surface area contributed by atoms with Crippen molar-refractivity contribution in [3.63, 3.8) is 0 Å². The molecule has 1 N–H and O–H groups in total. The van der Waals surface area contributed by atoms with Crippen LogP contribution >= 0.6 is 12.2 Å². The molecule has 1 heterocycles. The van der Waals surface area contributed by atoms with Crippen LogP contribution in [-0.2, 0) is 6.54 Å². The first-order chi connectivity index (χ1) is 9.67. The summed E-state index contributed by atoms with van der Waals surface area (Å²) in [4.78, 5) is 4.77. The molecule has 0 saturated heterocycles. The lowest BCUT2D eigenvalue weighted by Gasteiger charge is -2.24. The van der Waals surface area contributed by atoms with Crippen molar-refractivity contribution in [2.75, 3.05) is 37.6 Å². The molecule has 6 heteroatoms. The quantitative estimate of drug-likeness (QED) is 0.674. The average Bonchev–Trinajstić information content (AvgIpc) is 2.82. The molecule has 116 valence electrons. The van der Waals surface area contributed by atoms with Crippen molar-refractivity contribution in [1.82, 2.24) is 19.7 Å². The lowest BCUT2D eigenvalue weighted by Crippen LogP contribution is -2.31. The number of H-pyrrole nitrogens is 1. The topological polar surface area (TPSA) is 40.1 Å². The predicted molar refractivity (Wildman–Crippen MR) is 88.0 cm³/mol. The lowest BCUT2D eigenvalue weighted by atomic mass is 10.3. The van der Waals surface area contributed by atoms with Crippen molar-refractivity contribution in [3.05, 3.63) is 4.77 Å². The Balaban J connectivity index is 2.64. The largest absolute Gasteiger partial charge is 0.341 e. The van der Waals surface area contributed by atoms with Crippen LogP contribution in [0.15, 0.2) is 0 Å². The Morgan fingerprint density at radius 2 is 1.80 bits per heavy atom. The molecule has 0 aromatic carbocycles. The number of nitrogens with one attached hydrogen (secondary N) is 1. The number of hydrogen-bond acceptors (Lipinski definition) is 4. The van der Waals surface area contributed by atoms with Crippen molar-refractivity contribution in [2.24, 2.45) is 0 Å². The van der Waals surface area contributed by atoms with Crippen molar-refractivity contribution >= 4 is 18.2 Å². The molecule has 0 radical (unpaired) electrons. The molecule has 0 atom stereocenters. The number of hydrogen-bond donors (Lipinski definition) is 1. The monoisotopic (exact) mass is 299 g/mol. The molecule has 0 aliphatic heterocycles. The molecule has 0 bridgehead atoms. The second kappa shape index (κ2) is 9.13. The van der Waals surface area contributed by atoms with Crippen LogP contribution in [0.1, 0.15) is 40.5 Å². The van der Waals surface area contributed by atoms with E-state index < -0.39 is 0 Å². The van der Waals surface area contributed by atoms with E-state index in [1.165, 1.54) is 0 Å². The van der Waals surface area contributed by atoms with Crippen LogP contribution in [0.3, 0.4) is 0 Å². The van der Waals surface area contributed by atoms with Gasteiger partial charge in [0.1, 0.15) is 0 Å². The van der Waals surface area contributed by atoms with Gasteiger partial charge in [-0.05, 0) is 51.6 Å². The Morgan fingerprint density at radius 3 is 2.35 bits per heavy atom. The minimum atomic E-state index is 0.726. The van der Waals surface area contributed by atoms with Crippen LogP contribution in [0.2, 0.25) is 0 Å². The van der Waals surface area contributed by atoms with E-state index in [1.807, 2.05) is 0 Å². The average molecular weight is 299 g/mol. The second-order valence-electron chi connectivity index (χ2n) is 4.94. The number of rotatable bonds is 10. The normalized spacial score (nSPS) is 11.2. The lowest BCUT2D eigenvalue weighted by molar-refractivity contribution is 0.300. The van der Waals surface area contributed by atoms with Gasteiger partial charge >= 0.3 is 0 Å². The predicted octanol–water partition coefficient (Wildman–Crippen LogP) is 2.91. The van der Waals surface area contributed by atoms with E-state index in [1.54, 1.807) is 0 Å². The summed E-state index contributed by atoms with van der Waals surface area (Å²) in [5.74, 6) is 0.985. The van der Waals surface area contributed by atoms with Crippen molar-refractivity contribution in [2.45, 2.75) is 47.1 Å². The van der Waals surface area contributed by atoms with Crippen molar-refractivity contribution in [1.29, 1.82) is 0 Å². The van der Waals surface area contributed by atoms with Gasteiger partial charge in [0, 0.05) is 19.6 Å². The standard InChI is InChI=1S/C14H29N5S/c1-5-10-19-13(15-16-14(19)20)18(8-4)12-9-11-17(6-2)7-3/h5-12H2,1-4H3,(H,16,20). The fraction of sp³-hybridized carbons (Fsp3) is 0.857. The highest BCUT2D eigenvalue weighted by molar-refractivity contribution is 7.71. The molecule has 20 heavy (non-hydrogen) atoms. The molecule has 0 aliphatic rings. The molecular formula is C14H29N5S. The summed E-state index contributed by atoms with van der Waals surface area (Å²) in [6.45, 7) is 15.1. The molecule has 1 aromatic rings. The summed E-state index contributed by atoms with van der Waals surface area (Å²) in [6.07, 6.45) is 2.22. The van der Waals surface area contributed by atoms with Crippen LogP contribution < -0.4 is 4.90 Å². The van der Waals surface area contributed by atoms with Crippen LogP contribution in [0.25, 0.3) is 0 Å². The van der Waals surface area contributed by atoms with Gasteiger partial charge in [0.15, 0.2) is 4.77 Å². The third-order valence-corrected chi connectivity index (χ3v) is 3.96. The van der Waals surface area contributed by atoms with E-state index in [0.29, 0.717) is 0 Å². The zero-order valence-electron chi connectivity index (χ0n) is 13.4. The molecule has 5 nitrogen and oxygen atoms in total. The summed E-state index contributed by atoms with van der Waals surface area (Å²) < 4.78 is 2.83. The van der Waals surface area contributed by atoms with Gasteiger partial charge < -0.3 is 9.80 Å². The molecule has 0 unspecified atom stereocenters. The van der Waals surface area contributed by atoms with Gasteiger partial charge in [0.2, 0.25) is 5.95 Å². The van der Waals surface area contributed by atoms with Crippen LogP contribution in [-0.4, -0.2) is 52.4 Å². The van der Waals surface area contributed by atoms with Gasteiger partial charge in [0.25, 0.3) is 0 Å². The molecule has 0 aliphatic carbocycles. The summed E-state index contributed by atoms with van der Waals surface area (Å²) >= 11 is 5.31. The summed E-state index contributed by atoms with van der Waals surface area (Å²) in [6, 6.07) is 0. The number of aromatic nitrogens is 3. The highest BCUT2D eigenvalue weighted by atomic mass is 32.1. The molecular weight excluding hydrogens is 270 g/mol. The third-order valence-electron chi connectivity index (χ3n) is 3.65. The molecule has 0 fully saturated rings. The van der Waals surface area contributed by atoms with E-state index in [2.05, 4.69) is 52.3 Å². The smallest absolute Gasteiger partial charge is 0.225 e. The van der Waals surface area contributed by atoms with Gasteiger partial charge in [-0.25, -0.2) is 5.10 Å². The van der Waals surface area contributed by atoms with Crippen molar-refractivity contribution in [3.8, 4) is 0 Å². The SMILES string of the molecule is CCCn1c(N(CC)CCCN(CC)CC)n[nH]c1=S. The Labute approximate surface area is 128 Å². The van der Waals surface area contributed by atoms with E-state index in [0.717, 1.165) is 62.8 Å². The number of nitrogens with zero attached hydrogens (tertiary/aromatic N) is 4. The number of anilines is 1. The van der Waals surface area contributed by atoms with Crippen LogP contribution in [0.4, 0.5) is 5.95 Å². The Bertz CT molecular complexity index is 421. The fourth-order valence-corrected chi connectivity index (χ4v) is 2.62. The summed E-state index contributed by atoms with van der Waals surface area (Å²) in [5, 5.41) is 7.32. The number of aromatic amines is 1. The summed E-state index contributed by atoms with van der Waals surface area (Å²) in [7, 11) is 0. The molecule has 0 spiro atoms. The van der Waals surface area contributed by atoms with Crippen molar-refractivity contribution < 1.29 is 0 Å².